The predicted octanol–water partition coefficient (Wildman–Crippen LogP) is 3.25. The summed E-state index contributed by atoms with van der Waals surface area (Å²) in [5.41, 5.74) is -6.32. The van der Waals surface area contributed by atoms with E-state index in [-0.39, 0.29) is 25.6 Å². The van der Waals surface area contributed by atoms with Crippen LogP contribution in [-0.2, 0) is 16.6 Å². The van der Waals surface area contributed by atoms with Gasteiger partial charge in [-0.15, -0.1) is 21.5 Å². The van der Waals surface area contributed by atoms with Crippen LogP contribution in [0, 0.1) is 11.3 Å². The maximum absolute atomic E-state index is 13.2. The molecule has 3 rings (SSSR count). The summed E-state index contributed by atoms with van der Waals surface area (Å²) in [6, 6.07) is 2.56. The molecule has 3 aromatic rings. The number of alkyl halides is 5. The van der Waals surface area contributed by atoms with Crippen molar-refractivity contribution in [1.82, 2.24) is 20.2 Å². The molecular weight excluding hydrogens is 459 g/mol. The molecule has 0 aliphatic rings. The van der Waals surface area contributed by atoms with Gasteiger partial charge in [0.15, 0.2) is 0 Å². The summed E-state index contributed by atoms with van der Waals surface area (Å²) in [5.74, 6) is -1.31. The van der Waals surface area contributed by atoms with Gasteiger partial charge in [0.05, 0.1) is 30.2 Å². The Hall–Kier alpha value is -3.19. The van der Waals surface area contributed by atoms with Crippen LogP contribution in [0.1, 0.15) is 22.9 Å². The molecule has 0 fully saturated rings. The van der Waals surface area contributed by atoms with E-state index in [4.69, 9.17) is 9.68 Å². The third-order valence-corrected chi connectivity index (χ3v) is 5.87. The van der Waals surface area contributed by atoms with Crippen LogP contribution in [0.5, 0.6) is 0 Å². The average Bonchev–Trinajstić information content (AvgIpc) is 3.34. The van der Waals surface area contributed by atoms with Gasteiger partial charge in [-0.1, -0.05) is 0 Å². The molecule has 30 heavy (non-hydrogen) atoms. The van der Waals surface area contributed by atoms with Gasteiger partial charge in [0.25, 0.3) is 11.8 Å². The van der Waals surface area contributed by atoms with E-state index in [1.807, 2.05) is 0 Å². The maximum atomic E-state index is 13.2. The number of rotatable bonds is 6. The minimum absolute atomic E-state index is 0.0120. The first-order valence-electron chi connectivity index (χ1n) is 7.53. The standard InChI is InChI=1S/C14H7F5N6O3S2/c15-11(16)13-24-23-12(28-13)9-5-22-10(29-9)6-25(30(26,27)14(17,18)19)8-1-7(2-20)3-21-4-8/h1,3-5,11H,6H2. The van der Waals surface area contributed by atoms with E-state index in [2.05, 4.69) is 20.2 Å². The Balaban J connectivity index is 1.98. The number of thiazole rings is 1. The van der Waals surface area contributed by atoms with Crippen molar-refractivity contribution >= 4 is 27.0 Å². The van der Waals surface area contributed by atoms with Gasteiger partial charge in [-0.3, -0.25) is 9.29 Å². The van der Waals surface area contributed by atoms with Crippen LogP contribution in [-0.4, -0.2) is 34.1 Å². The highest BCUT2D eigenvalue weighted by Gasteiger charge is 2.50. The highest BCUT2D eigenvalue weighted by Crippen LogP contribution is 2.34. The lowest BCUT2D eigenvalue weighted by Gasteiger charge is -2.24. The van der Waals surface area contributed by atoms with Gasteiger partial charge in [0, 0.05) is 6.20 Å². The second-order valence-electron chi connectivity index (χ2n) is 5.37. The van der Waals surface area contributed by atoms with E-state index >= 15 is 0 Å². The van der Waals surface area contributed by atoms with Crippen LogP contribution in [0.2, 0.25) is 0 Å². The Morgan fingerprint density at radius 2 is 1.97 bits per heavy atom. The van der Waals surface area contributed by atoms with Crippen LogP contribution in [0.4, 0.5) is 27.6 Å². The van der Waals surface area contributed by atoms with Gasteiger partial charge in [-0.2, -0.15) is 35.6 Å². The van der Waals surface area contributed by atoms with Crippen LogP contribution in [0.3, 0.4) is 0 Å². The highest BCUT2D eigenvalue weighted by molar-refractivity contribution is 7.93. The molecule has 0 amide bonds. The van der Waals surface area contributed by atoms with Gasteiger partial charge >= 0.3 is 22.0 Å². The van der Waals surface area contributed by atoms with Gasteiger partial charge in [0.2, 0.25) is 0 Å². The van der Waals surface area contributed by atoms with Crippen molar-refractivity contribution in [3.05, 3.63) is 41.1 Å². The molecule has 0 saturated heterocycles. The molecule has 0 atom stereocenters. The summed E-state index contributed by atoms with van der Waals surface area (Å²) in [7, 11) is -5.88. The predicted molar refractivity (Wildman–Crippen MR) is 90.5 cm³/mol. The fourth-order valence-electron chi connectivity index (χ4n) is 2.09. The normalized spacial score (nSPS) is 12.2. The number of aromatic nitrogens is 4. The topological polar surface area (TPSA) is 126 Å². The van der Waals surface area contributed by atoms with E-state index in [1.54, 1.807) is 6.07 Å². The molecule has 0 aromatic carbocycles. The number of hydrogen-bond acceptors (Lipinski definition) is 9. The first kappa shape index (κ1) is 21.5. The molecular formula is C14H7F5N6O3S2. The van der Waals surface area contributed by atoms with E-state index < -0.39 is 40.1 Å². The molecule has 0 radical (unpaired) electrons. The Morgan fingerprint density at radius 3 is 2.57 bits per heavy atom. The van der Waals surface area contributed by atoms with Crippen molar-refractivity contribution < 1.29 is 34.8 Å². The second kappa shape index (κ2) is 7.91. The van der Waals surface area contributed by atoms with Gasteiger partial charge in [-0.25, -0.2) is 4.98 Å². The SMILES string of the molecule is N#Cc1cncc(N(Cc2ncc(-c3nnc(C(F)F)o3)s2)S(=O)(=O)C(F)(F)F)c1. The fraction of sp³-hybridized carbons (Fsp3) is 0.214. The molecule has 0 aliphatic carbocycles. The number of pyridine rings is 1. The average molecular weight is 466 g/mol. The Morgan fingerprint density at radius 1 is 1.23 bits per heavy atom. The molecule has 9 nitrogen and oxygen atoms in total. The summed E-state index contributed by atoms with van der Waals surface area (Å²) in [6.07, 6.45) is -0.0815. The van der Waals surface area contributed by atoms with E-state index in [0.717, 1.165) is 24.7 Å². The summed E-state index contributed by atoms with van der Waals surface area (Å²) in [6.45, 7) is -0.876. The minimum Gasteiger partial charge on any atom is -0.414 e. The van der Waals surface area contributed by atoms with Crippen molar-refractivity contribution in [3.8, 4) is 16.8 Å². The van der Waals surface area contributed by atoms with Crippen molar-refractivity contribution in [2.24, 2.45) is 0 Å². The highest BCUT2D eigenvalue weighted by atomic mass is 32.2. The number of anilines is 1. The largest absolute Gasteiger partial charge is 0.516 e. The molecule has 0 N–H and O–H groups in total. The van der Waals surface area contributed by atoms with Crippen LogP contribution >= 0.6 is 11.3 Å². The monoisotopic (exact) mass is 466 g/mol. The number of sulfonamides is 1. The van der Waals surface area contributed by atoms with Crippen molar-refractivity contribution in [2.75, 3.05) is 4.31 Å². The number of hydrogen-bond donors (Lipinski definition) is 0. The van der Waals surface area contributed by atoms with Crippen LogP contribution in [0.25, 0.3) is 10.8 Å². The molecule has 0 bridgehead atoms. The lowest BCUT2D eigenvalue weighted by molar-refractivity contribution is -0.0438. The molecule has 0 saturated carbocycles. The van der Waals surface area contributed by atoms with Crippen molar-refractivity contribution in [1.29, 1.82) is 5.26 Å². The third-order valence-electron chi connectivity index (χ3n) is 3.39. The fourth-order valence-corrected chi connectivity index (χ4v) is 3.92. The van der Waals surface area contributed by atoms with E-state index in [0.29, 0.717) is 11.3 Å². The maximum Gasteiger partial charge on any atom is 0.516 e. The Kier molecular flexibility index (Phi) is 5.67. The quantitative estimate of drug-likeness (QED) is 0.507. The second-order valence-corrected chi connectivity index (χ2v) is 8.33. The van der Waals surface area contributed by atoms with E-state index in [1.165, 1.54) is 0 Å². The smallest absolute Gasteiger partial charge is 0.414 e. The van der Waals surface area contributed by atoms with Crippen LogP contribution < -0.4 is 4.31 Å². The van der Waals surface area contributed by atoms with Crippen molar-refractivity contribution in [3.63, 3.8) is 0 Å². The van der Waals surface area contributed by atoms with Gasteiger partial charge in [0.1, 0.15) is 16.0 Å². The zero-order chi connectivity index (χ0) is 22.1. The summed E-state index contributed by atoms with van der Waals surface area (Å²) in [5, 5.41) is 15.3. The molecule has 0 spiro atoms. The van der Waals surface area contributed by atoms with Crippen LogP contribution in [0.15, 0.2) is 29.1 Å². The Labute approximate surface area is 168 Å². The third kappa shape index (κ3) is 4.21. The molecule has 3 aromatic heterocycles. The minimum atomic E-state index is -5.88. The first-order valence-corrected chi connectivity index (χ1v) is 9.79. The Bertz CT molecular complexity index is 1200. The number of halogens is 5. The summed E-state index contributed by atoms with van der Waals surface area (Å²) in [4.78, 5) is 7.40. The van der Waals surface area contributed by atoms with Gasteiger partial charge in [-0.05, 0) is 6.07 Å². The summed E-state index contributed by atoms with van der Waals surface area (Å²) >= 11 is 0.660. The zero-order valence-corrected chi connectivity index (χ0v) is 15.8. The number of nitriles is 1. The molecule has 0 aliphatic heterocycles. The molecule has 158 valence electrons. The zero-order valence-electron chi connectivity index (χ0n) is 14.2. The lowest BCUT2D eigenvalue weighted by atomic mass is 10.3. The molecule has 0 unspecified atom stereocenters. The number of nitrogens with zero attached hydrogens (tertiary/aromatic N) is 6. The molecule has 16 heteroatoms. The van der Waals surface area contributed by atoms with Gasteiger partial charge < -0.3 is 4.42 Å². The van der Waals surface area contributed by atoms with Crippen molar-refractivity contribution in [2.45, 2.75) is 18.5 Å². The van der Waals surface area contributed by atoms with E-state index in [9.17, 15) is 30.4 Å². The lowest BCUT2D eigenvalue weighted by Crippen LogP contribution is -2.40. The molecule has 3 heterocycles. The first-order chi connectivity index (χ1) is 14.0. The summed E-state index contributed by atoms with van der Waals surface area (Å²) < 4.78 is 93.4.